The Morgan fingerprint density at radius 2 is 1.76 bits per heavy atom. The molecule has 1 fully saturated rings. The van der Waals surface area contributed by atoms with Crippen molar-refractivity contribution in [3.8, 4) is 0 Å². The van der Waals surface area contributed by atoms with Crippen LogP contribution in [0.3, 0.4) is 0 Å². The number of benzene rings is 2. The molecule has 7 heteroatoms. The van der Waals surface area contributed by atoms with Gasteiger partial charge in [0.05, 0.1) is 11.8 Å². The zero-order chi connectivity index (χ0) is 21.0. The van der Waals surface area contributed by atoms with Gasteiger partial charge >= 0.3 is 5.97 Å². The maximum atomic E-state index is 13.1. The van der Waals surface area contributed by atoms with Gasteiger partial charge in [-0.15, -0.1) is 0 Å². The number of carbonyl (C=O) groups is 3. The molecule has 29 heavy (non-hydrogen) atoms. The summed E-state index contributed by atoms with van der Waals surface area (Å²) in [6, 6.07) is 12.1. The van der Waals surface area contributed by atoms with Crippen LogP contribution >= 0.6 is 0 Å². The van der Waals surface area contributed by atoms with Crippen LogP contribution in [0.5, 0.6) is 0 Å². The first-order chi connectivity index (χ1) is 13.8. The molecule has 2 amide bonds. The highest BCUT2D eigenvalue weighted by atomic mass is 19.1. The number of carboxylic acid groups (broad SMARTS) is 1. The molecule has 3 rings (SSSR count). The van der Waals surface area contributed by atoms with Crippen LogP contribution in [-0.2, 0) is 9.59 Å². The Morgan fingerprint density at radius 1 is 1.10 bits per heavy atom. The molecule has 0 radical (unpaired) electrons. The fourth-order valence-corrected chi connectivity index (χ4v) is 3.39. The molecule has 1 saturated heterocycles. The van der Waals surface area contributed by atoms with E-state index in [-0.39, 0.29) is 17.7 Å². The van der Waals surface area contributed by atoms with Gasteiger partial charge in [-0.1, -0.05) is 12.1 Å². The van der Waals surface area contributed by atoms with Gasteiger partial charge in [0.25, 0.3) is 5.91 Å². The molecule has 0 saturated carbocycles. The number of anilines is 1. The van der Waals surface area contributed by atoms with Crippen LogP contribution in [0.1, 0.15) is 41.6 Å². The summed E-state index contributed by atoms with van der Waals surface area (Å²) >= 11 is 0. The summed E-state index contributed by atoms with van der Waals surface area (Å²) < 4.78 is 13.1. The second kappa shape index (κ2) is 8.86. The zero-order valence-electron chi connectivity index (χ0n) is 16.1. The average molecular weight is 398 g/mol. The maximum Gasteiger partial charge on any atom is 0.310 e. The summed E-state index contributed by atoms with van der Waals surface area (Å²) in [4.78, 5) is 37.9. The van der Waals surface area contributed by atoms with E-state index < -0.39 is 17.7 Å². The number of nitrogens with zero attached hydrogens (tertiary/aromatic N) is 1. The number of hydrogen-bond donors (Lipinski definition) is 2. The zero-order valence-corrected chi connectivity index (χ0v) is 16.1. The van der Waals surface area contributed by atoms with Crippen molar-refractivity contribution in [3.05, 3.63) is 65.5 Å². The minimum Gasteiger partial charge on any atom is -0.481 e. The van der Waals surface area contributed by atoms with Crippen molar-refractivity contribution in [2.75, 3.05) is 18.4 Å². The number of halogens is 1. The third-order valence-electron chi connectivity index (χ3n) is 5.22. The van der Waals surface area contributed by atoms with Crippen LogP contribution in [0.15, 0.2) is 48.5 Å². The van der Waals surface area contributed by atoms with Crippen LogP contribution in [-0.4, -0.2) is 40.9 Å². The minimum atomic E-state index is -0.907. The molecule has 6 nitrogen and oxygen atoms in total. The van der Waals surface area contributed by atoms with Crippen LogP contribution in [0.25, 0.3) is 0 Å². The monoisotopic (exact) mass is 398 g/mol. The molecule has 2 N–H and O–H groups in total. The van der Waals surface area contributed by atoms with E-state index in [2.05, 4.69) is 5.32 Å². The van der Waals surface area contributed by atoms with Crippen molar-refractivity contribution in [1.29, 1.82) is 0 Å². The molecule has 2 aromatic rings. The lowest BCUT2D eigenvalue weighted by atomic mass is 9.96. The Morgan fingerprint density at radius 3 is 2.38 bits per heavy atom. The topological polar surface area (TPSA) is 86.7 Å². The lowest BCUT2D eigenvalue weighted by Gasteiger charge is -2.32. The van der Waals surface area contributed by atoms with Crippen molar-refractivity contribution in [2.45, 2.75) is 25.7 Å². The van der Waals surface area contributed by atoms with E-state index in [9.17, 15) is 18.8 Å². The first-order valence-corrected chi connectivity index (χ1v) is 9.53. The summed E-state index contributed by atoms with van der Waals surface area (Å²) in [7, 11) is 0. The van der Waals surface area contributed by atoms with Gasteiger partial charge in [-0.2, -0.15) is 0 Å². The van der Waals surface area contributed by atoms with Crippen molar-refractivity contribution in [1.82, 2.24) is 4.90 Å². The Hall–Kier alpha value is -3.22. The van der Waals surface area contributed by atoms with E-state index in [0.717, 1.165) is 0 Å². The molecule has 2 atom stereocenters. The highest BCUT2D eigenvalue weighted by Gasteiger charge is 2.29. The van der Waals surface area contributed by atoms with Crippen molar-refractivity contribution in [2.24, 2.45) is 5.92 Å². The van der Waals surface area contributed by atoms with Gasteiger partial charge in [-0.25, -0.2) is 4.39 Å². The number of carbonyl (C=O) groups excluding carboxylic acids is 2. The summed E-state index contributed by atoms with van der Waals surface area (Å²) in [5, 5.41) is 11.9. The Labute approximate surface area is 168 Å². The highest BCUT2D eigenvalue weighted by Crippen LogP contribution is 2.22. The number of hydrogen-bond acceptors (Lipinski definition) is 3. The first kappa shape index (κ1) is 20.5. The van der Waals surface area contributed by atoms with Crippen LogP contribution in [0.4, 0.5) is 10.1 Å². The van der Waals surface area contributed by atoms with Gasteiger partial charge in [-0.05, 0) is 61.7 Å². The second-order valence-corrected chi connectivity index (χ2v) is 7.27. The number of likely N-dealkylation sites (tertiary alicyclic amines) is 1. The molecule has 0 aromatic heterocycles. The summed E-state index contributed by atoms with van der Waals surface area (Å²) in [6.45, 7) is 2.46. The Kier molecular flexibility index (Phi) is 6.26. The van der Waals surface area contributed by atoms with Gasteiger partial charge in [0.2, 0.25) is 5.91 Å². The standard InChI is InChI=1S/C22H23FN2O4/c1-14(22(28)29)15-6-10-19(11-7-15)24-20(26)17-3-2-12-25(13-17)21(27)16-4-8-18(23)9-5-16/h4-11,14,17H,2-3,12-13H2,1H3,(H,24,26)(H,28,29). The number of amides is 2. The third-order valence-corrected chi connectivity index (χ3v) is 5.22. The number of rotatable bonds is 5. The lowest BCUT2D eigenvalue weighted by Crippen LogP contribution is -2.43. The molecular formula is C22H23FN2O4. The van der Waals surface area contributed by atoms with Crippen LogP contribution < -0.4 is 5.32 Å². The molecule has 2 aromatic carbocycles. The SMILES string of the molecule is CC(C(=O)O)c1ccc(NC(=O)C2CCCN(C(=O)c3ccc(F)cc3)C2)cc1. The fourth-order valence-electron chi connectivity index (χ4n) is 3.39. The van der Waals surface area contributed by atoms with Crippen LogP contribution in [0.2, 0.25) is 0 Å². The Balaban J connectivity index is 1.61. The van der Waals surface area contributed by atoms with E-state index >= 15 is 0 Å². The normalized spacial score (nSPS) is 17.4. The van der Waals surface area contributed by atoms with Crippen molar-refractivity contribution >= 4 is 23.5 Å². The molecule has 2 unspecified atom stereocenters. The average Bonchev–Trinajstić information content (AvgIpc) is 2.74. The fraction of sp³-hybridized carbons (Fsp3) is 0.318. The predicted octanol–water partition coefficient (Wildman–Crippen LogP) is 3.50. The minimum absolute atomic E-state index is 0.180. The van der Waals surface area contributed by atoms with E-state index in [1.54, 1.807) is 36.1 Å². The van der Waals surface area contributed by atoms with Crippen LogP contribution in [0, 0.1) is 11.7 Å². The van der Waals surface area contributed by atoms with E-state index in [1.807, 2.05) is 0 Å². The van der Waals surface area contributed by atoms with Crippen molar-refractivity contribution < 1.29 is 23.9 Å². The molecule has 0 aliphatic carbocycles. The lowest BCUT2D eigenvalue weighted by molar-refractivity contribution is -0.138. The van der Waals surface area contributed by atoms with E-state index in [4.69, 9.17) is 5.11 Å². The maximum absolute atomic E-state index is 13.1. The summed E-state index contributed by atoms with van der Waals surface area (Å²) in [6.07, 6.45) is 1.38. The number of piperidine rings is 1. The second-order valence-electron chi connectivity index (χ2n) is 7.27. The largest absolute Gasteiger partial charge is 0.481 e. The smallest absolute Gasteiger partial charge is 0.310 e. The van der Waals surface area contributed by atoms with Gasteiger partial charge in [-0.3, -0.25) is 14.4 Å². The van der Waals surface area contributed by atoms with Crippen molar-refractivity contribution in [3.63, 3.8) is 0 Å². The first-order valence-electron chi connectivity index (χ1n) is 9.53. The Bertz CT molecular complexity index is 896. The molecular weight excluding hydrogens is 375 g/mol. The molecule has 1 heterocycles. The molecule has 0 bridgehead atoms. The number of aliphatic carboxylic acids is 1. The van der Waals surface area contributed by atoms with E-state index in [1.165, 1.54) is 24.3 Å². The quantitative estimate of drug-likeness (QED) is 0.807. The van der Waals surface area contributed by atoms with Gasteiger partial charge in [0, 0.05) is 24.3 Å². The molecule has 1 aliphatic heterocycles. The highest BCUT2D eigenvalue weighted by molar-refractivity contribution is 5.96. The van der Waals surface area contributed by atoms with Gasteiger partial charge in [0.15, 0.2) is 0 Å². The van der Waals surface area contributed by atoms with Gasteiger partial charge in [0.1, 0.15) is 5.82 Å². The number of nitrogens with one attached hydrogen (secondary N) is 1. The molecule has 0 spiro atoms. The number of carboxylic acids is 1. The predicted molar refractivity (Wildman–Crippen MR) is 106 cm³/mol. The molecule has 1 aliphatic rings. The molecule has 152 valence electrons. The summed E-state index contributed by atoms with van der Waals surface area (Å²) in [5.74, 6) is -2.67. The third kappa shape index (κ3) is 4.99. The summed E-state index contributed by atoms with van der Waals surface area (Å²) in [5.41, 5.74) is 1.64. The van der Waals surface area contributed by atoms with Gasteiger partial charge < -0.3 is 15.3 Å². The van der Waals surface area contributed by atoms with E-state index in [0.29, 0.717) is 42.7 Å².